The Hall–Kier alpha value is -1.85. The van der Waals surface area contributed by atoms with Crippen LogP contribution in [-0.4, -0.2) is 45.7 Å². The molecule has 110 valence electrons. The summed E-state index contributed by atoms with van der Waals surface area (Å²) in [6, 6.07) is 0. The average Bonchev–Trinajstić information content (AvgIpc) is 3.15. The Labute approximate surface area is 118 Å². The molecule has 0 spiro atoms. The Balaban J connectivity index is 1.86. The van der Waals surface area contributed by atoms with Crippen LogP contribution < -0.4 is 0 Å². The second kappa shape index (κ2) is 5.26. The smallest absolute Gasteiger partial charge is 0.319 e. The first-order valence-corrected chi connectivity index (χ1v) is 6.88. The number of rotatable bonds is 6. The Kier molecular flexibility index (Phi) is 3.83. The highest BCUT2D eigenvalue weighted by molar-refractivity contribution is 6.04. The number of carboxylic acid groups (broad SMARTS) is 1. The molecule has 1 aliphatic carbocycles. The summed E-state index contributed by atoms with van der Waals surface area (Å²) in [6.45, 7) is 4.50. The van der Waals surface area contributed by atoms with Gasteiger partial charge in [-0.05, 0) is 45.1 Å². The van der Waals surface area contributed by atoms with Gasteiger partial charge in [0.2, 0.25) is 5.91 Å². The van der Waals surface area contributed by atoms with Crippen LogP contribution in [0.3, 0.4) is 0 Å². The summed E-state index contributed by atoms with van der Waals surface area (Å²) in [6.07, 6.45) is 2.57. The Morgan fingerprint density at radius 3 is 2.50 bits per heavy atom. The number of carbonyl (C=O) groups excluding carboxylic acids is 1. The molecule has 2 N–H and O–H groups in total. The quantitative estimate of drug-likeness (QED) is 0.768. The maximum atomic E-state index is 12.1. The lowest BCUT2D eigenvalue weighted by atomic mass is 10.0. The first-order valence-electron chi connectivity index (χ1n) is 6.88. The molecule has 1 aliphatic rings. The molecular weight excluding hydrogens is 258 g/mol. The predicted octanol–water partition coefficient (Wildman–Crippen LogP) is 1.28. The van der Waals surface area contributed by atoms with Gasteiger partial charge >= 0.3 is 5.97 Å². The van der Waals surface area contributed by atoms with Crippen molar-refractivity contribution in [1.29, 1.82) is 0 Å². The molecule has 1 aromatic heterocycles. The van der Waals surface area contributed by atoms with Crippen molar-refractivity contribution >= 4 is 11.9 Å². The van der Waals surface area contributed by atoms with Gasteiger partial charge < -0.3 is 10.0 Å². The Morgan fingerprint density at radius 2 is 2.05 bits per heavy atom. The third kappa shape index (κ3) is 2.55. The van der Waals surface area contributed by atoms with Crippen LogP contribution in [-0.2, 0) is 16.0 Å². The Bertz CT molecular complexity index is 512. The van der Waals surface area contributed by atoms with E-state index in [1.807, 2.05) is 13.8 Å². The minimum Gasteiger partial charge on any atom is -0.480 e. The molecule has 20 heavy (non-hydrogen) atoms. The lowest BCUT2D eigenvalue weighted by Gasteiger charge is -2.21. The van der Waals surface area contributed by atoms with Gasteiger partial charge in [0.25, 0.3) is 0 Å². The van der Waals surface area contributed by atoms with Crippen LogP contribution in [0.15, 0.2) is 0 Å². The van der Waals surface area contributed by atoms with Crippen molar-refractivity contribution < 1.29 is 14.7 Å². The van der Waals surface area contributed by atoms with Gasteiger partial charge in [0, 0.05) is 19.3 Å². The molecule has 1 aromatic rings. The second-order valence-electron chi connectivity index (χ2n) is 5.63. The minimum absolute atomic E-state index is 0.259. The van der Waals surface area contributed by atoms with Crippen molar-refractivity contribution in [3.8, 4) is 0 Å². The number of aliphatic carboxylic acids is 1. The summed E-state index contributed by atoms with van der Waals surface area (Å²) >= 11 is 0. The van der Waals surface area contributed by atoms with Gasteiger partial charge in [-0.1, -0.05) is 0 Å². The van der Waals surface area contributed by atoms with E-state index in [4.69, 9.17) is 5.11 Å². The number of nitrogens with one attached hydrogen (secondary N) is 1. The van der Waals surface area contributed by atoms with Gasteiger partial charge in [-0.15, -0.1) is 0 Å². The molecule has 6 nitrogen and oxygen atoms in total. The normalized spacial score (nSPS) is 15.9. The van der Waals surface area contributed by atoms with Crippen LogP contribution in [0.25, 0.3) is 0 Å². The molecular formula is C14H21N3O3. The number of hydrogen-bond acceptors (Lipinski definition) is 3. The molecule has 0 saturated heterocycles. The third-order valence-corrected chi connectivity index (χ3v) is 4.12. The number of nitrogens with zero attached hydrogens (tertiary/aromatic N) is 2. The lowest BCUT2D eigenvalue weighted by molar-refractivity contribution is -0.152. The highest BCUT2D eigenvalue weighted by Crippen LogP contribution is 2.47. The molecule has 0 aromatic carbocycles. The number of H-pyrrole nitrogens is 1. The maximum absolute atomic E-state index is 12.1. The number of aromatic amines is 1. The van der Waals surface area contributed by atoms with E-state index in [0.717, 1.165) is 24.2 Å². The fourth-order valence-corrected chi connectivity index (χ4v) is 2.55. The zero-order chi connectivity index (χ0) is 14.9. The van der Waals surface area contributed by atoms with Gasteiger partial charge in [-0.2, -0.15) is 5.10 Å². The van der Waals surface area contributed by atoms with Crippen molar-refractivity contribution in [3.05, 3.63) is 17.0 Å². The molecule has 6 heteroatoms. The number of amides is 1. The summed E-state index contributed by atoms with van der Waals surface area (Å²) in [5, 5.41) is 16.2. The summed E-state index contributed by atoms with van der Waals surface area (Å²) in [4.78, 5) is 24.8. The molecule has 1 saturated carbocycles. The van der Waals surface area contributed by atoms with E-state index in [1.165, 1.54) is 5.56 Å². The maximum Gasteiger partial charge on any atom is 0.319 e. The SMILES string of the molecule is Cc1n[nH]c(C)c1CCCN(C)C(=O)C1(C(=O)O)CC1. The van der Waals surface area contributed by atoms with Crippen LogP contribution in [0, 0.1) is 19.3 Å². The molecule has 0 unspecified atom stereocenters. The van der Waals surface area contributed by atoms with Gasteiger partial charge in [0.15, 0.2) is 0 Å². The Morgan fingerprint density at radius 1 is 1.40 bits per heavy atom. The van der Waals surface area contributed by atoms with E-state index in [0.29, 0.717) is 19.4 Å². The van der Waals surface area contributed by atoms with E-state index >= 15 is 0 Å². The van der Waals surface area contributed by atoms with Gasteiger partial charge in [-0.25, -0.2) is 0 Å². The van der Waals surface area contributed by atoms with Gasteiger partial charge in [0.05, 0.1) is 5.69 Å². The first-order chi connectivity index (χ1) is 9.38. The van der Waals surface area contributed by atoms with Gasteiger partial charge in [-0.3, -0.25) is 14.7 Å². The summed E-state index contributed by atoms with van der Waals surface area (Å²) in [5.41, 5.74) is 2.10. The van der Waals surface area contributed by atoms with E-state index in [9.17, 15) is 9.59 Å². The molecule has 2 rings (SSSR count). The van der Waals surface area contributed by atoms with Gasteiger partial charge in [0.1, 0.15) is 5.41 Å². The fraction of sp³-hybridized carbons (Fsp3) is 0.643. The summed E-state index contributed by atoms with van der Waals surface area (Å²) < 4.78 is 0. The van der Waals surface area contributed by atoms with Crippen molar-refractivity contribution in [2.75, 3.05) is 13.6 Å². The predicted molar refractivity (Wildman–Crippen MR) is 73.3 cm³/mol. The topological polar surface area (TPSA) is 86.3 Å². The highest BCUT2D eigenvalue weighted by atomic mass is 16.4. The van der Waals surface area contributed by atoms with E-state index < -0.39 is 11.4 Å². The molecule has 1 amide bonds. The largest absolute Gasteiger partial charge is 0.480 e. The van der Waals surface area contributed by atoms with E-state index in [1.54, 1.807) is 11.9 Å². The standard InChI is InChI=1S/C14H21N3O3/c1-9-11(10(2)16-15-9)5-4-8-17(3)12(18)14(6-7-14)13(19)20/h4-8H2,1-3H3,(H,15,16)(H,19,20). The number of aryl methyl sites for hydroxylation is 2. The first kappa shape index (κ1) is 14.6. The number of aromatic nitrogens is 2. The van der Waals surface area contributed by atoms with E-state index in [-0.39, 0.29) is 5.91 Å². The molecule has 1 heterocycles. The van der Waals surface area contributed by atoms with Crippen LogP contribution in [0.4, 0.5) is 0 Å². The zero-order valence-corrected chi connectivity index (χ0v) is 12.2. The monoisotopic (exact) mass is 279 g/mol. The second-order valence-corrected chi connectivity index (χ2v) is 5.63. The molecule has 0 bridgehead atoms. The van der Waals surface area contributed by atoms with Crippen LogP contribution in [0.1, 0.15) is 36.2 Å². The number of carboxylic acids is 1. The van der Waals surface area contributed by atoms with Crippen molar-refractivity contribution in [3.63, 3.8) is 0 Å². The molecule has 0 radical (unpaired) electrons. The number of hydrogen-bond donors (Lipinski definition) is 2. The van der Waals surface area contributed by atoms with Crippen LogP contribution in [0.5, 0.6) is 0 Å². The fourth-order valence-electron chi connectivity index (χ4n) is 2.55. The van der Waals surface area contributed by atoms with E-state index in [2.05, 4.69) is 10.2 Å². The molecule has 0 aliphatic heterocycles. The van der Waals surface area contributed by atoms with Crippen molar-refractivity contribution in [2.45, 2.75) is 39.5 Å². The van der Waals surface area contributed by atoms with Crippen molar-refractivity contribution in [2.24, 2.45) is 5.41 Å². The summed E-state index contributed by atoms with van der Waals surface area (Å²) in [7, 11) is 1.68. The lowest BCUT2D eigenvalue weighted by Crippen LogP contribution is -2.39. The van der Waals surface area contributed by atoms with Crippen LogP contribution in [0.2, 0.25) is 0 Å². The molecule has 1 fully saturated rings. The van der Waals surface area contributed by atoms with Crippen molar-refractivity contribution in [1.82, 2.24) is 15.1 Å². The molecule has 0 atom stereocenters. The van der Waals surface area contributed by atoms with Crippen LogP contribution >= 0.6 is 0 Å². The minimum atomic E-state index is -1.13. The average molecular weight is 279 g/mol. The number of carbonyl (C=O) groups is 2. The third-order valence-electron chi connectivity index (χ3n) is 4.12. The zero-order valence-electron chi connectivity index (χ0n) is 12.2. The summed E-state index contributed by atoms with van der Waals surface area (Å²) in [5.74, 6) is -1.25. The highest BCUT2D eigenvalue weighted by Gasteiger charge is 2.58.